The lowest BCUT2D eigenvalue weighted by atomic mass is 9.86. The molecule has 6 heteroatoms. The van der Waals surface area contributed by atoms with Crippen LogP contribution in [0.3, 0.4) is 0 Å². The Morgan fingerprint density at radius 2 is 1.90 bits per heavy atom. The van der Waals surface area contributed by atoms with Crippen molar-refractivity contribution in [1.29, 1.82) is 0 Å². The summed E-state index contributed by atoms with van der Waals surface area (Å²) in [5.41, 5.74) is 0.198. The molecule has 5 nitrogen and oxygen atoms in total. The molecule has 1 unspecified atom stereocenters. The van der Waals surface area contributed by atoms with Crippen LogP contribution >= 0.6 is 0 Å². The molecular weight excluding hydrogens is 267 g/mol. The van der Waals surface area contributed by atoms with Crippen molar-refractivity contribution in [1.82, 2.24) is 9.55 Å². The standard InChI is InChI=1S/C15H25BN2O3/c1-11-17-13(9-18(11)12-7-6-8-19-10-12)16-20-14(2,3)15(4,5)21-16/h9,12H,6-8,10H2,1-5H3. The van der Waals surface area contributed by atoms with Crippen LogP contribution < -0.4 is 5.59 Å². The first-order chi connectivity index (χ1) is 9.80. The van der Waals surface area contributed by atoms with E-state index in [0.717, 1.165) is 37.5 Å². The van der Waals surface area contributed by atoms with Gasteiger partial charge >= 0.3 is 7.12 Å². The monoisotopic (exact) mass is 292 g/mol. The maximum absolute atomic E-state index is 6.08. The van der Waals surface area contributed by atoms with Gasteiger partial charge in [0.05, 0.1) is 29.4 Å². The van der Waals surface area contributed by atoms with Gasteiger partial charge in [-0.2, -0.15) is 0 Å². The minimum atomic E-state index is -0.389. The third kappa shape index (κ3) is 2.65. The summed E-state index contributed by atoms with van der Waals surface area (Å²) in [5.74, 6) is 0.996. The lowest BCUT2D eigenvalue weighted by Gasteiger charge is -2.32. The molecule has 0 spiro atoms. The number of aromatic nitrogens is 2. The van der Waals surface area contributed by atoms with Crippen molar-refractivity contribution in [2.24, 2.45) is 0 Å². The van der Waals surface area contributed by atoms with Gasteiger partial charge in [0.15, 0.2) is 0 Å². The van der Waals surface area contributed by atoms with Crippen molar-refractivity contribution in [2.75, 3.05) is 13.2 Å². The zero-order valence-corrected chi connectivity index (χ0v) is 13.7. The molecule has 0 aliphatic carbocycles. The van der Waals surface area contributed by atoms with Crippen LogP contribution in [0.15, 0.2) is 6.20 Å². The molecule has 2 aliphatic rings. The Kier molecular flexibility index (Phi) is 3.67. The number of ether oxygens (including phenoxy) is 1. The summed E-state index contributed by atoms with van der Waals surface area (Å²) in [6.07, 6.45) is 4.31. The van der Waals surface area contributed by atoms with Crippen molar-refractivity contribution >= 4 is 12.7 Å². The Morgan fingerprint density at radius 3 is 2.48 bits per heavy atom. The maximum atomic E-state index is 6.08. The Labute approximate surface area is 127 Å². The molecule has 2 fully saturated rings. The molecule has 0 saturated carbocycles. The van der Waals surface area contributed by atoms with E-state index >= 15 is 0 Å². The van der Waals surface area contributed by atoms with Crippen LogP contribution in [0.4, 0.5) is 0 Å². The first-order valence-electron chi connectivity index (χ1n) is 7.79. The van der Waals surface area contributed by atoms with Gasteiger partial charge in [0.1, 0.15) is 5.82 Å². The van der Waals surface area contributed by atoms with Crippen LogP contribution in [0.2, 0.25) is 0 Å². The highest BCUT2D eigenvalue weighted by atomic mass is 16.7. The van der Waals surface area contributed by atoms with Crippen molar-refractivity contribution in [3.63, 3.8) is 0 Å². The van der Waals surface area contributed by atoms with Crippen LogP contribution in [0.25, 0.3) is 0 Å². The van der Waals surface area contributed by atoms with Gasteiger partial charge in [0.25, 0.3) is 0 Å². The van der Waals surface area contributed by atoms with Gasteiger partial charge in [-0.15, -0.1) is 0 Å². The summed E-state index contributed by atoms with van der Waals surface area (Å²) >= 11 is 0. The molecule has 0 bridgehead atoms. The van der Waals surface area contributed by atoms with E-state index < -0.39 is 0 Å². The molecule has 2 aliphatic heterocycles. The van der Waals surface area contributed by atoms with Crippen LogP contribution in [0.5, 0.6) is 0 Å². The van der Waals surface area contributed by atoms with Gasteiger partial charge in [-0.05, 0) is 47.5 Å². The largest absolute Gasteiger partial charge is 0.516 e. The molecule has 0 radical (unpaired) electrons. The van der Waals surface area contributed by atoms with Gasteiger partial charge in [-0.25, -0.2) is 4.98 Å². The summed E-state index contributed by atoms with van der Waals surface area (Å²) < 4.78 is 19.9. The van der Waals surface area contributed by atoms with E-state index in [-0.39, 0.29) is 18.3 Å². The van der Waals surface area contributed by atoms with Gasteiger partial charge in [-0.3, -0.25) is 0 Å². The Balaban J connectivity index is 1.81. The predicted molar refractivity (Wildman–Crippen MR) is 81.8 cm³/mol. The average Bonchev–Trinajstić information content (AvgIpc) is 2.89. The molecule has 21 heavy (non-hydrogen) atoms. The van der Waals surface area contributed by atoms with Crippen molar-refractivity contribution in [3.05, 3.63) is 12.0 Å². The zero-order chi connectivity index (χ0) is 15.3. The average molecular weight is 292 g/mol. The fourth-order valence-corrected chi connectivity index (χ4v) is 2.90. The van der Waals surface area contributed by atoms with Gasteiger partial charge < -0.3 is 18.6 Å². The van der Waals surface area contributed by atoms with Gasteiger partial charge in [0, 0.05) is 12.8 Å². The second-order valence-corrected chi connectivity index (χ2v) is 7.08. The predicted octanol–water partition coefficient (Wildman–Crippen LogP) is 1.84. The van der Waals surface area contributed by atoms with E-state index in [4.69, 9.17) is 14.0 Å². The summed E-state index contributed by atoms with van der Waals surface area (Å²) in [6, 6.07) is 0.377. The van der Waals surface area contributed by atoms with Gasteiger partial charge in [-0.1, -0.05) is 0 Å². The number of aryl methyl sites for hydroxylation is 1. The lowest BCUT2D eigenvalue weighted by Crippen LogP contribution is -2.41. The van der Waals surface area contributed by atoms with Gasteiger partial charge in [0.2, 0.25) is 0 Å². The molecular formula is C15H25BN2O3. The minimum Gasteiger partial charge on any atom is -0.398 e. The van der Waals surface area contributed by atoms with E-state index in [0.29, 0.717) is 6.04 Å². The minimum absolute atomic E-state index is 0.330. The summed E-state index contributed by atoms with van der Waals surface area (Å²) in [4.78, 5) is 4.66. The normalized spacial score (nSPS) is 28.0. The topological polar surface area (TPSA) is 45.5 Å². The van der Waals surface area contributed by atoms with Crippen LogP contribution in [0, 0.1) is 6.92 Å². The molecule has 0 amide bonds. The summed E-state index contributed by atoms with van der Waals surface area (Å²) in [7, 11) is -0.389. The van der Waals surface area contributed by atoms with E-state index in [1.54, 1.807) is 0 Å². The fraction of sp³-hybridized carbons (Fsp3) is 0.800. The number of imidazole rings is 1. The van der Waals surface area contributed by atoms with Crippen LogP contribution in [-0.2, 0) is 14.0 Å². The molecule has 3 rings (SSSR count). The van der Waals surface area contributed by atoms with Crippen molar-refractivity contribution in [2.45, 2.75) is 64.7 Å². The second-order valence-electron chi connectivity index (χ2n) is 7.08. The van der Waals surface area contributed by atoms with E-state index in [2.05, 4.69) is 43.4 Å². The van der Waals surface area contributed by atoms with Crippen LogP contribution in [0.1, 0.15) is 52.4 Å². The highest BCUT2D eigenvalue weighted by molar-refractivity contribution is 6.61. The molecule has 116 valence electrons. The Bertz CT molecular complexity index is 505. The molecule has 2 saturated heterocycles. The molecule has 0 aromatic carbocycles. The maximum Gasteiger partial charge on any atom is 0.516 e. The Morgan fingerprint density at radius 1 is 1.24 bits per heavy atom. The summed E-state index contributed by atoms with van der Waals surface area (Å²) in [5, 5.41) is 0. The Hall–Kier alpha value is -0.845. The SMILES string of the molecule is Cc1nc(B2OC(C)(C)C(C)(C)O2)cn1C1CCCOC1. The van der Waals surface area contributed by atoms with E-state index in [1.807, 2.05) is 6.92 Å². The highest BCUT2D eigenvalue weighted by Gasteiger charge is 2.52. The smallest absolute Gasteiger partial charge is 0.398 e. The number of nitrogens with zero attached hydrogens (tertiary/aromatic N) is 2. The summed E-state index contributed by atoms with van der Waals surface area (Å²) in [6.45, 7) is 11.9. The zero-order valence-electron chi connectivity index (χ0n) is 13.7. The second kappa shape index (κ2) is 5.11. The van der Waals surface area contributed by atoms with Crippen molar-refractivity contribution in [3.8, 4) is 0 Å². The molecule has 3 heterocycles. The number of hydrogen-bond donors (Lipinski definition) is 0. The van der Waals surface area contributed by atoms with E-state index in [1.165, 1.54) is 0 Å². The van der Waals surface area contributed by atoms with E-state index in [9.17, 15) is 0 Å². The van der Waals surface area contributed by atoms with Crippen LogP contribution in [-0.4, -0.2) is 41.1 Å². The first kappa shape index (κ1) is 15.1. The number of rotatable bonds is 2. The highest BCUT2D eigenvalue weighted by Crippen LogP contribution is 2.36. The quantitative estimate of drug-likeness (QED) is 0.780. The molecule has 1 aromatic rings. The molecule has 1 atom stereocenters. The third-order valence-corrected chi connectivity index (χ3v) is 4.96. The van der Waals surface area contributed by atoms with Crippen molar-refractivity contribution < 1.29 is 14.0 Å². The number of hydrogen-bond acceptors (Lipinski definition) is 4. The third-order valence-electron chi connectivity index (χ3n) is 4.96. The molecule has 1 aromatic heterocycles. The first-order valence-corrected chi connectivity index (χ1v) is 7.79. The lowest BCUT2D eigenvalue weighted by molar-refractivity contribution is 0.00578. The fourth-order valence-electron chi connectivity index (χ4n) is 2.90. The molecule has 0 N–H and O–H groups in total.